The number of nitrogens with zero attached hydrogens (tertiary/aromatic N) is 2. The fraction of sp³-hybridized carbons (Fsp3) is 0.533. The molecule has 2 aromatic rings. The van der Waals surface area contributed by atoms with Crippen molar-refractivity contribution >= 4 is 11.9 Å². The van der Waals surface area contributed by atoms with Crippen LogP contribution in [0.25, 0.3) is 0 Å². The Bertz CT molecular complexity index is 1070. The molecule has 12 heteroatoms. The van der Waals surface area contributed by atoms with E-state index in [0.29, 0.717) is 62.1 Å². The minimum atomic E-state index is -2.13. The molecule has 2 aliphatic heterocycles. The van der Waals surface area contributed by atoms with Crippen LogP contribution in [0.4, 0.5) is 0 Å². The number of hydrogen-bond donors (Lipinski definition) is 2. The van der Waals surface area contributed by atoms with Crippen LogP contribution < -0.4 is 18.9 Å². The van der Waals surface area contributed by atoms with Crippen molar-refractivity contribution in [3.63, 3.8) is 0 Å². The predicted octanol–water partition coefficient (Wildman–Crippen LogP) is 2.51. The van der Waals surface area contributed by atoms with Crippen molar-refractivity contribution in [2.45, 2.75) is 63.9 Å². The molecule has 0 saturated carbocycles. The van der Waals surface area contributed by atoms with Gasteiger partial charge in [-0.15, -0.1) is 10.1 Å². The Labute approximate surface area is 245 Å². The minimum absolute atomic E-state index is 0.237. The molecule has 4 rings (SSSR count). The predicted molar refractivity (Wildman–Crippen MR) is 150 cm³/mol. The van der Waals surface area contributed by atoms with Crippen LogP contribution in [-0.2, 0) is 19.3 Å². The summed E-state index contributed by atoms with van der Waals surface area (Å²) in [6.07, 6.45) is -2.07. The second-order valence-corrected chi connectivity index (χ2v) is 10.0. The lowest BCUT2D eigenvalue weighted by Crippen LogP contribution is -2.49. The van der Waals surface area contributed by atoms with E-state index in [2.05, 4.69) is 0 Å². The van der Waals surface area contributed by atoms with E-state index in [-0.39, 0.29) is 25.3 Å². The molecule has 12 nitrogen and oxygen atoms in total. The number of carbonyl (C=O) groups is 2. The molecule has 4 atom stereocenters. The highest BCUT2D eigenvalue weighted by atomic mass is 16.7. The van der Waals surface area contributed by atoms with Gasteiger partial charge in [-0.1, -0.05) is 24.3 Å². The van der Waals surface area contributed by atoms with E-state index in [1.165, 1.54) is 10.1 Å². The highest BCUT2D eigenvalue weighted by Gasteiger charge is 2.37. The van der Waals surface area contributed by atoms with Gasteiger partial charge in [0.1, 0.15) is 12.2 Å². The van der Waals surface area contributed by atoms with Crippen molar-refractivity contribution in [3.8, 4) is 23.0 Å². The number of carbonyl (C=O) groups excluding carboxylic acids is 2. The van der Waals surface area contributed by atoms with Gasteiger partial charge in [-0.3, -0.25) is 0 Å². The Hall–Kier alpha value is -3.58. The first-order valence-electron chi connectivity index (χ1n) is 14.4. The summed E-state index contributed by atoms with van der Waals surface area (Å²) in [6.45, 7) is 6.05. The summed E-state index contributed by atoms with van der Waals surface area (Å²) in [6, 6.07) is 14.6. The maximum absolute atomic E-state index is 12.6. The van der Waals surface area contributed by atoms with Crippen LogP contribution >= 0.6 is 0 Å². The van der Waals surface area contributed by atoms with E-state index in [4.69, 9.17) is 28.6 Å². The van der Waals surface area contributed by atoms with Gasteiger partial charge >= 0.3 is 11.9 Å². The molecule has 230 valence electrons. The third-order valence-corrected chi connectivity index (χ3v) is 6.79. The van der Waals surface area contributed by atoms with Crippen molar-refractivity contribution in [2.75, 3.05) is 39.4 Å². The Morgan fingerprint density at radius 1 is 0.714 bits per heavy atom. The van der Waals surface area contributed by atoms with E-state index in [1.807, 2.05) is 50.2 Å². The highest BCUT2D eigenvalue weighted by molar-refractivity contribution is 5.85. The van der Waals surface area contributed by atoms with E-state index < -0.39 is 24.1 Å². The number of aliphatic hydroxyl groups is 2. The standard InChI is InChI=1S/C30H40N2O10/c1-3-37-23-13-5-7-15-25(23)39-21-11-9-17-31(19-21)41-29(35)27(33)28(34)30(36)42-32-18-10-12-22(20-32)40-26-16-8-6-14-24(26)38-4-2/h5-8,13-16,21-22,27-28,33-34H,3-4,9-12,17-20H2,1-2H3/t21-,22-,27?,28?/m0/s1. The van der Waals surface area contributed by atoms with Gasteiger partial charge in [-0.05, 0) is 63.8 Å². The van der Waals surface area contributed by atoms with Gasteiger partial charge in [0.05, 0.1) is 26.3 Å². The molecule has 0 amide bonds. The lowest BCUT2D eigenvalue weighted by molar-refractivity contribution is -0.226. The molecule has 2 heterocycles. The average Bonchev–Trinajstić information content (AvgIpc) is 2.99. The monoisotopic (exact) mass is 588 g/mol. The first kappa shape index (κ1) is 31.4. The maximum atomic E-state index is 12.6. The van der Waals surface area contributed by atoms with Gasteiger partial charge in [0, 0.05) is 13.1 Å². The van der Waals surface area contributed by atoms with Crippen molar-refractivity contribution in [2.24, 2.45) is 0 Å². The van der Waals surface area contributed by atoms with Crippen molar-refractivity contribution in [1.82, 2.24) is 10.1 Å². The Morgan fingerprint density at radius 3 is 1.48 bits per heavy atom. The summed E-state index contributed by atoms with van der Waals surface area (Å²) in [4.78, 5) is 35.8. The second kappa shape index (κ2) is 15.6. The third-order valence-electron chi connectivity index (χ3n) is 6.79. The van der Waals surface area contributed by atoms with Crippen molar-refractivity contribution < 1.29 is 48.4 Å². The smallest absolute Gasteiger partial charge is 0.357 e. The molecule has 0 spiro atoms. The fourth-order valence-electron chi connectivity index (χ4n) is 4.79. The summed E-state index contributed by atoms with van der Waals surface area (Å²) in [5.41, 5.74) is 0. The SMILES string of the molecule is CCOc1ccccc1O[C@H]1CCCN(OC(=O)C(O)C(O)C(=O)ON2CCC[C@H](Oc3ccccc3OCC)C2)C1. The normalized spacial score (nSPS) is 21.0. The molecule has 0 radical (unpaired) electrons. The van der Waals surface area contributed by atoms with E-state index >= 15 is 0 Å². The third kappa shape index (κ3) is 8.71. The Morgan fingerprint density at radius 2 is 1.10 bits per heavy atom. The molecule has 0 aromatic heterocycles. The summed E-state index contributed by atoms with van der Waals surface area (Å²) in [7, 11) is 0. The molecule has 42 heavy (non-hydrogen) atoms. The number of aliphatic hydroxyl groups excluding tert-OH is 2. The first-order chi connectivity index (χ1) is 20.4. The summed E-state index contributed by atoms with van der Waals surface area (Å²) in [5.74, 6) is 0.0738. The lowest BCUT2D eigenvalue weighted by atomic mass is 10.1. The number of hydroxylamine groups is 4. The first-order valence-corrected chi connectivity index (χ1v) is 14.4. The molecular formula is C30H40N2O10. The summed E-state index contributed by atoms with van der Waals surface area (Å²) < 4.78 is 23.4. The summed E-state index contributed by atoms with van der Waals surface area (Å²) in [5, 5.41) is 23.5. The molecule has 2 aromatic carbocycles. The fourth-order valence-corrected chi connectivity index (χ4v) is 4.79. The quantitative estimate of drug-likeness (QED) is 0.356. The molecule has 2 aliphatic rings. The molecule has 2 fully saturated rings. The zero-order valence-electron chi connectivity index (χ0n) is 24.1. The van der Waals surface area contributed by atoms with Crippen LogP contribution in [0.15, 0.2) is 48.5 Å². The van der Waals surface area contributed by atoms with Gasteiger partial charge < -0.3 is 38.8 Å². The van der Waals surface area contributed by atoms with Crippen molar-refractivity contribution in [3.05, 3.63) is 48.5 Å². The number of rotatable bonds is 13. The number of hydrogen-bond acceptors (Lipinski definition) is 12. The zero-order valence-corrected chi connectivity index (χ0v) is 24.1. The minimum Gasteiger partial charge on any atom is -0.490 e. The van der Waals surface area contributed by atoms with Gasteiger partial charge in [0.2, 0.25) is 0 Å². The average molecular weight is 589 g/mol. The van der Waals surface area contributed by atoms with Crippen LogP contribution in [-0.4, -0.2) is 96.1 Å². The number of piperidine rings is 2. The summed E-state index contributed by atoms with van der Waals surface area (Å²) >= 11 is 0. The van der Waals surface area contributed by atoms with Crippen LogP contribution in [0, 0.1) is 0 Å². The van der Waals surface area contributed by atoms with Gasteiger partial charge in [-0.2, -0.15) is 0 Å². The van der Waals surface area contributed by atoms with Crippen LogP contribution in [0.5, 0.6) is 23.0 Å². The molecule has 0 aliphatic carbocycles. The molecule has 0 bridgehead atoms. The molecule has 2 N–H and O–H groups in total. The zero-order chi connectivity index (χ0) is 29.9. The number of para-hydroxylation sites is 4. The van der Waals surface area contributed by atoms with Crippen LogP contribution in [0.2, 0.25) is 0 Å². The number of ether oxygens (including phenoxy) is 4. The molecule has 2 unspecified atom stereocenters. The van der Waals surface area contributed by atoms with E-state index in [1.54, 1.807) is 12.1 Å². The Balaban J connectivity index is 1.25. The molecule has 2 saturated heterocycles. The number of benzene rings is 2. The van der Waals surface area contributed by atoms with Crippen LogP contribution in [0.3, 0.4) is 0 Å². The van der Waals surface area contributed by atoms with Gasteiger partial charge in [0.15, 0.2) is 35.2 Å². The lowest BCUT2D eigenvalue weighted by Gasteiger charge is -2.33. The second-order valence-electron chi connectivity index (χ2n) is 10.0. The van der Waals surface area contributed by atoms with E-state index in [0.717, 1.165) is 12.8 Å². The van der Waals surface area contributed by atoms with Crippen LogP contribution in [0.1, 0.15) is 39.5 Å². The van der Waals surface area contributed by atoms with Crippen molar-refractivity contribution in [1.29, 1.82) is 0 Å². The topological polar surface area (TPSA) is 136 Å². The Kier molecular flexibility index (Phi) is 11.6. The van der Waals surface area contributed by atoms with E-state index in [9.17, 15) is 19.8 Å². The maximum Gasteiger partial charge on any atom is 0.357 e. The molecular weight excluding hydrogens is 548 g/mol. The highest BCUT2D eigenvalue weighted by Crippen LogP contribution is 2.30. The largest absolute Gasteiger partial charge is 0.490 e. The van der Waals surface area contributed by atoms with Gasteiger partial charge in [-0.25, -0.2) is 9.59 Å². The van der Waals surface area contributed by atoms with Gasteiger partial charge in [0.25, 0.3) is 0 Å².